The zero-order valence-corrected chi connectivity index (χ0v) is 19.9. The number of sulfonamides is 1. The van der Waals surface area contributed by atoms with Crippen LogP contribution in [0.2, 0.25) is 0 Å². The number of benzene rings is 2. The third kappa shape index (κ3) is 5.03. The summed E-state index contributed by atoms with van der Waals surface area (Å²) in [5, 5.41) is 3.25. The Morgan fingerprint density at radius 2 is 1.76 bits per heavy atom. The molecule has 170 valence electrons. The second kappa shape index (κ2) is 9.26. The highest BCUT2D eigenvalue weighted by molar-refractivity contribution is 7.89. The zero-order chi connectivity index (χ0) is 23.6. The summed E-state index contributed by atoms with van der Waals surface area (Å²) in [6, 6.07) is 15.3. The average Bonchev–Trinajstić information content (AvgIpc) is 3.39. The van der Waals surface area contributed by atoms with Crippen LogP contribution >= 0.6 is 11.3 Å². The van der Waals surface area contributed by atoms with Crippen molar-refractivity contribution >= 4 is 32.4 Å². The maximum Gasteiger partial charge on any atom is 0.257 e. The minimum Gasteiger partial charge on any atom is -0.333 e. The van der Waals surface area contributed by atoms with E-state index < -0.39 is 10.0 Å². The lowest BCUT2D eigenvalue weighted by Gasteiger charge is -2.10. The number of amides is 1. The fraction of sp³-hybridized carbons (Fsp3) is 0.174. The van der Waals surface area contributed by atoms with Gasteiger partial charge >= 0.3 is 0 Å². The molecule has 0 bridgehead atoms. The molecule has 8 nitrogen and oxygen atoms in total. The van der Waals surface area contributed by atoms with Gasteiger partial charge in [-0.15, -0.1) is 0 Å². The number of anilines is 1. The molecule has 0 saturated heterocycles. The summed E-state index contributed by atoms with van der Waals surface area (Å²) >= 11 is 1.33. The molecule has 0 fully saturated rings. The molecule has 4 rings (SSSR count). The van der Waals surface area contributed by atoms with Crippen molar-refractivity contribution in [1.29, 1.82) is 0 Å². The molecule has 2 heterocycles. The summed E-state index contributed by atoms with van der Waals surface area (Å²) in [5.74, 6) is 0.370. The predicted octanol–water partition coefficient (Wildman–Crippen LogP) is 4.15. The minimum atomic E-state index is -3.62. The molecule has 4 aromatic rings. The molecule has 0 aliphatic heterocycles. The second-order valence-electron chi connectivity index (χ2n) is 7.68. The number of hydrogen-bond acceptors (Lipinski definition) is 6. The monoisotopic (exact) mass is 481 g/mol. The van der Waals surface area contributed by atoms with Gasteiger partial charge in [-0.05, 0) is 38.1 Å². The molecule has 0 atom stereocenters. The molecule has 10 heteroatoms. The van der Waals surface area contributed by atoms with E-state index in [-0.39, 0.29) is 16.8 Å². The number of imidazole rings is 1. The topological polar surface area (TPSA) is 106 Å². The number of hydrogen-bond donors (Lipinski definition) is 2. The van der Waals surface area contributed by atoms with Crippen LogP contribution in [-0.2, 0) is 17.1 Å². The van der Waals surface area contributed by atoms with E-state index in [1.54, 1.807) is 20.0 Å². The quantitative estimate of drug-likeness (QED) is 0.412. The first kappa shape index (κ1) is 22.8. The summed E-state index contributed by atoms with van der Waals surface area (Å²) in [7, 11) is -1.72. The SMILES string of the molecule is CC(C)NS(=O)(=O)c1ccc(C(=O)Nc2nc(-c3ccccc3)c(-c3nccn3C)s2)cc1. The molecule has 0 radical (unpaired) electrons. The van der Waals surface area contributed by atoms with E-state index in [4.69, 9.17) is 0 Å². The highest BCUT2D eigenvalue weighted by Gasteiger charge is 2.20. The van der Waals surface area contributed by atoms with Crippen LogP contribution in [0.5, 0.6) is 0 Å². The van der Waals surface area contributed by atoms with Crippen molar-refractivity contribution in [3.8, 4) is 22.0 Å². The first-order chi connectivity index (χ1) is 15.7. The summed E-state index contributed by atoms with van der Waals surface area (Å²) in [6.45, 7) is 3.49. The van der Waals surface area contributed by atoms with Crippen molar-refractivity contribution in [3.63, 3.8) is 0 Å². The van der Waals surface area contributed by atoms with E-state index in [1.165, 1.54) is 35.6 Å². The smallest absolute Gasteiger partial charge is 0.257 e. The fourth-order valence-corrected chi connectivity index (χ4v) is 5.51. The minimum absolute atomic E-state index is 0.102. The van der Waals surface area contributed by atoms with E-state index in [9.17, 15) is 13.2 Å². The van der Waals surface area contributed by atoms with E-state index >= 15 is 0 Å². The first-order valence-corrected chi connectivity index (χ1v) is 12.5. The maximum absolute atomic E-state index is 12.8. The molecule has 1 amide bonds. The van der Waals surface area contributed by atoms with E-state index in [1.807, 2.05) is 48.1 Å². The Hall–Kier alpha value is -3.34. The Morgan fingerprint density at radius 3 is 2.36 bits per heavy atom. The second-order valence-corrected chi connectivity index (χ2v) is 10.4. The largest absolute Gasteiger partial charge is 0.333 e. The van der Waals surface area contributed by atoms with E-state index in [0.717, 1.165) is 22.0 Å². The van der Waals surface area contributed by atoms with Crippen LogP contribution in [0.1, 0.15) is 24.2 Å². The number of nitrogens with one attached hydrogen (secondary N) is 2. The van der Waals surface area contributed by atoms with Crippen molar-refractivity contribution in [2.75, 3.05) is 5.32 Å². The molecule has 0 saturated carbocycles. The molecular formula is C23H23N5O3S2. The molecular weight excluding hydrogens is 458 g/mol. The standard InChI is InChI=1S/C23H23N5O3S2/c1-15(2)27-33(30,31)18-11-9-17(10-12-18)22(29)26-23-25-19(16-7-5-4-6-8-16)20(32-23)21-24-13-14-28(21)3/h4-15,27H,1-3H3,(H,25,26,29). The number of carbonyl (C=O) groups is 1. The van der Waals surface area contributed by atoms with Crippen LogP contribution in [0.4, 0.5) is 5.13 Å². The van der Waals surface area contributed by atoms with Gasteiger partial charge in [0.05, 0.1) is 15.5 Å². The average molecular weight is 482 g/mol. The molecule has 33 heavy (non-hydrogen) atoms. The van der Waals surface area contributed by atoms with Crippen LogP contribution in [0.15, 0.2) is 71.9 Å². The molecule has 0 aliphatic rings. The van der Waals surface area contributed by atoms with Crippen LogP contribution < -0.4 is 10.0 Å². The number of aryl methyl sites for hydroxylation is 1. The Bertz CT molecular complexity index is 1380. The van der Waals surface area contributed by atoms with Gasteiger partial charge in [-0.2, -0.15) is 0 Å². The number of thiazole rings is 1. The summed E-state index contributed by atoms with van der Waals surface area (Å²) < 4.78 is 29.0. The third-order valence-corrected chi connectivity index (χ3v) is 7.38. The van der Waals surface area contributed by atoms with Gasteiger partial charge in [0.15, 0.2) is 11.0 Å². The van der Waals surface area contributed by atoms with E-state index in [2.05, 4.69) is 20.0 Å². The Kier molecular flexibility index (Phi) is 6.41. The van der Waals surface area contributed by atoms with Gasteiger partial charge in [-0.25, -0.2) is 23.1 Å². The molecule has 0 aliphatic carbocycles. The Labute approximate surface area is 196 Å². The number of nitrogens with zero attached hydrogens (tertiary/aromatic N) is 3. The van der Waals surface area contributed by atoms with Crippen molar-refractivity contribution in [1.82, 2.24) is 19.3 Å². The Balaban J connectivity index is 1.61. The molecule has 0 unspecified atom stereocenters. The van der Waals surface area contributed by atoms with Gasteiger partial charge < -0.3 is 4.57 Å². The summed E-state index contributed by atoms with van der Waals surface area (Å²) in [4.78, 5) is 22.9. The lowest BCUT2D eigenvalue weighted by molar-refractivity contribution is 0.102. The van der Waals surface area contributed by atoms with Crippen molar-refractivity contribution in [2.24, 2.45) is 7.05 Å². The van der Waals surface area contributed by atoms with Crippen LogP contribution in [0.3, 0.4) is 0 Å². The zero-order valence-electron chi connectivity index (χ0n) is 18.3. The number of aromatic nitrogens is 3. The van der Waals surface area contributed by atoms with E-state index in [0.29, 0.717) is 10.7 Å². The first-order valence-electron chi connectivity index (χ1n) is 10.2. The normalized spacial score (nSPS) is 11.6. The highest BCUT2D eigenvalue weighted by atomic mass is 32.2. The van der Waals surface area contributed by atoms with Gasteiger partial charge in [-0.3, -0.25) is 10.1 Å². The van der Waals surface area contributed by atoms with Crippen LogP contribution in [0.25, 0.3) is 22.0 Å². The van der Waals surface area contributed by atoms with Gasteiger partial charge in [0.25, 0.3) is 5.91 Å². The molecule has 2 aromatic carbocycles. The van der Waals surface area contributed by atoms with Crippen molar-refractivity contribution < 1.29 is 13.2 Å². The summed E-state index contributed by atoms with van der Waals surface area (Å²) in [6.07, 6.45) is 3.57. The van der Waals surface area contributed by atoms with Gasteiger partial charge in [0.1, 0.15) is 0 Å². The van der Waals surface area contributed by atoms with Gasteiger partial charge in [0.2, 0.25) is 10.0 Å². The predicted molar refractivity (Wildman–Crippen MR) is 130 cm³/mol. The lowest BCUT2D eigenvalue weighted by Crippen LogP contribution is -2.30. The van der Waals surface area contributed by atoms with Crippen molar-refractivity contribution in [3.05, 3.63) is 72.6 Å². The molecule has 2 aromatic heterocycles. The summed E-state index contributed by atoms with van der Waals surface area (Å²) in [5.41, 5.74) is 1.97. The third-order valence-electron chi connectivity index (χ3n) is 4.74. The van der Waals surface area contributed by atoms with Gasteiger partial charge in [0, 0.05) is 36.6 Å². The van der Waals surface area contributed by atoms with Gasteiger partial charge in [-0.1, -0.05) is 41.7 Å². The highest BCUT2D eigenvalue weighted by Crippen LogP contribution is 2.38. The number of carbonyl (C=O) groups excluding carboxylic acids is 1. The van der Waals surface area contributed by atoms with Crippen LogP contribution in [-0.4, -0.2) is 34.9 Å². The lowest BCUT2D eigenvalue weighted by atomic mass is 10.1. The maximum atomic E-state index is 12.8. The Morgan fingerprint density at radius 1 is 1.06 bits per heavy atom. The fourth-order valence-electron chi connectivity index (χ4n) is 3.23. The van der Waals surface area contributed by atoms with Crippen molar-refractivity contribution in [2.45, 2.75) is 24.8 Å². The van der Waals surface area contributed by atoms with Crippen LogP contribution in [0, 0.1) is 0 Å². The molecule has 2 N–H and O–H groups in total. The molecule has 0 spiro atoms. The number of rotatable bonds is 7.